The van der Waals surface area contributed by atoms with Crippen LogP contribution in [-0.4, -0.2) is 24.2 Å². The first-order valence-corrected chi connectivity index (χ1v) is 9.40. The molecule has 0 saturated heterocycles. The zero-order chi connectivity index (χ0) is 18.4. The van der Waals surface area contributed by atoms with E-state index in [0.29, 0.717) is 11.5 Å². The highest BCUT2D eigenvalue weighted by Crippen LogP contribution is 2.42. The minimum Gasteiger partial charge on any atom is -0.380 e. The normalized spacial score (nSPS) is 16.7. The summed E-state index contributed by atoms with van der Waals surface area (Å²) in [6.07, 6.45) is -0.148. The van der Waals surface area contributed by atoms with Crippen molar-refractivity contribution in [3.8, 4) is 0 Å². The summed E-state index contributed by atoms with van der Waals surface area (Å²) in [7, 11) is 1.68. The first-order valence-electron chi connectivity index (χ1n) is 8.59. The number of aryl methyl sites for hydroxylation is 2. The fourth-order valence-corrected chi connectivity index (χ4v) is 4.75. The summed E-state index contributed by atoms with van der Waals surface area (Å²) in [5, 5.41) is 4.53. The number of hydrogen-bond acceptors (Lipinski definition) is 5. The van der Waals surface area contributed by atoms with Crippen molar-refractivity contribution < 1.29 is 9.53 Å². The van der Waals surface area contributed by atoms with Crippen LogP contribution in [0, 0.1) is 13.8 Å². The van der Waals surface area contributed by atoms with Gasteiger partial charge in [-0.05, 0) is 44.0 Å². The molecule has 26 heavy (non-hydrogen) atoms. The van der Waals surface area contributed by atoms with Gasteiger partial charge < -0.3 is 10.1 Å². The third-order valence-corrected chi connectivity index (χ3v) is 5.77. The van der Waals surface area contributed by atoms with Gasteiger partial charge >= 0.3 is 0 Å². The van der Waals surface area contributed by atoms with Crippen molar-refractivity contribution in [3.63, 3.8) is 0 Å². The quantitative estimate of drug-likeness (QED) is 0.742. The fourth-order valence-electron chi connectivity index (χ4n) is 3.58. The highest BCUT2D eigenvalue weighted by Gasteiger charge is 2.35. The van der Waals surface area contributed by atoms with E-state index in [2.05, 4.69) is 10.3 Å². The van der Waals surface area contributed by atoms with E-state index in [1.54, 1.807) is 7.11 Å². The van der Waals surface area contributed by atoms with Gasteiger partial charge in [0.1, 0.15) is 15.9 Å². The van der Waals surface area contributed by atoms with E-state index < -0.39 is 0 Å². The van der Waals surface area contributed by atoms with Gasteiger partial charge in [0.05, 0.1) is 12.3 Å². The number of pyridine rings is 1. The van der Waals surface area contributed by atoms with Gasteiger partial charge in [0.15, 0.2) is 0 Å². The topological polar surface area (TPSA) is 54.5 Å². The molecule has 0 spiro atoms. The lowest BCUT2D eigenvalue weighted by Gasteiger charge is -2.35. The number of rotatable bonds is 3. The summed E-state index contributed by atoms with van der Waals surface area (Å²) in [5.41, 5.74) is 4.88. The number of nitrogens with one attached hydrogen (secondary N) is 1. The summed E-state index contributed by atoms with van der Waals surface area (Å²) >= 11 is 1.45. The molecule has 1 N–H and O–H groups in total. The van der Waals surface area contributed by atoms with Gasteiger partial charge in [-0.15, -0.1) is 11.3 Å². The van der Waals surface area contributed by atoms with Crippen LogP contribution in [0.15, 0.2) is 30.3 Å². The molecule has 1 aliphatic rings. The number of para-hydroxylation sites is 1. The second-order valence-corrected chi connectivity index (χ2v) is 7.62. The van der Waals surface area contributed by atoms with Crippen molar-refractivity contribution >= 4 is 38.8 Å². The molecule has 0 unspecified atom stereocenters. The van der Waals surface area contributed by atoms with Crippen LogP contribution in [-0.2, 0) is 11.3 Å². The number of methoxy groups -OCH3 is 1. The third kappa shape index (κ3) is 2.57. The molecular formula is C20H21N3O2S. The molecule has 1 aromatic carbocycles. The Morgan fingerprint density at radius 3 is 2.81 bits per heavy atom. The van der Waals surface area contributed by atoms with Crippen molar-refractivity contribution in [3.05, 3.63) is 52.0 Å². The molecule has 3 heterocycles. The number of carbonyl (C=O) groups excluding carboxylic acids is 1. The SMILES string of the molecule is COCc1cc(C)nc2sc3c(c12)N[C@@H](C)N(c1ccccc1C)C3=O. The molecule has 0 saturated carbocycles. The first kappa shape index (κ1) is 17.0. The standard InChI is InChI=1S/C20H21N3O2S/c1-11-7-5-6-8-15(11)23-13(3)22-17-16-14(10-25-4)9-12(2)21-19(16)26-18(17)20(23)24/h5-9,13,22H,10H2,1-4H3/t13-/m1/s1. The van der Waals surface area contributed by atoms with E-state index in [4.69, 9.17) is 4.74 Å². The Kier molecular flexibility index (Phi) is 4.17. The number of amides is 1. The molecule has 1 atom stereocenters. The van der Waals surface area contributed by atoms with E-state index in [9.17, 15) is 4.79 Å². The number of thiophene rings is 1. The van der Waals surface area contributed by atoms with Gasteiger partial charge in [-0.3, -0.25) is 9.69 Å². The van der Waals surface area contributed by atoms with E-state index in [1.807, 2.05) is 56.0 Å². The Hall–Kier alpha value is -2.44. The maximum absolute atomic E-state index is 13.3. The van der Waals surface area contributed by atoms with Gasteiger partial charge in [-0.1, -0.05) is 18.2 Å². The van der Waals surface area contributed by atoms with Crippen LogP contribution in [0.2, 0.25) is 0 Å². The van der Waals surface area contributed by atoms with E-state index in [1.165, 1.54) is 11.3 Å². The molecular weight excluding hydrogens is 346 g/mol. The zero-order valence-corrected chi connectivity index (χ0v) is 16.1. The predicted octanol–water partition coefficient (Wildman–Crippen LogP) is 4.48. The Morgan fingerprint density at radius 2 is 2.08 bits per heavy atom. The summed E-state index contributed by atoms with van der Waals surface area (Å²) in [6, 6.07) is 9.99. The van der Waals surface area contributed by atoms with Gasteiger partial charge in [0, 0.05) is 23.9 Å². The van der Waals surface area contributed by atoms with Crippen LogP contribution in [0.25, 0.3) is 10.2 Å². The predicted molar refractivity (Wildman–Crippen MR) is 106 cm³/mol. The number of aromatic nitrogens is 1. The average Bonchev–Trinajstić information content (AvgIpc) is 2.95. The van der Waals surface area contributed by atoms with Crippen LogP contribution < -0.4 is 10.2 Å². The van der Waals surface area contributed by atoms with Gasteiger partial charge in [-0.25, -0.2) is 4.98 Å². The molecule has 3 aromatic rings. The molecule has 0 aliphatic carbocycles. The molecule has 134 valence electrons. The zero-order valence-electron chi connectivity index (χ0n) is 15.3. The monoisotopic (exact) mass is 367 g/mol. The van der Waals surface area contributed by atoms with E-state index in [-0.39, 0.29) is 12.1 Å². The van der Waals surface area contributed by atoms with Crippen molar-refractivity contribution in [2.75, 3.05) is 17.3 Å². The molecule has 4 rings (SSSR count). The third-order valence-electron chi connectivity index (χ3n) is 4.70. The maximum atomic E-state index is 13.3. The minimum atomic E-state index is -0.148. The molecule has 5 nitrogen and oxygen atoms in total. The largest absolute Gasteiger partial charge is 0.380 e. The molecule has 1 aliphatic heterocycles. The van der Waals surface area contributed by atoms with E-state index in [0.717, 1.165) is 38.4 Å². The summed E-state index contributed by atoms with van der Waals surface area (Å²) in [6.45, 7) is 6.50. The number of anilines is 2. The number of fused-ring (bicyclic) bond motifs is 3. The lowest BCUT2D eigenvalue weighted by Crippen LogP contribution is -2.47. The molecule has 6 heteroatoms. The fraction of sp³-hybridized carbons (Fsp3) is 0.300. The van der Waals surface area contributed by atoms with Crippen LogP contribution in [0.4, 0.5) is 11.4 Å². The van der Waals surface area contributed by atoms with Crippen LogP contribution >= 0.6 is 11.3 Å². The second-order valence-electron chi connectivity index (χ2n) is 6.62. The minimum absolute atomic E-state index is 0.0181. The lowest BCUT2D eigenvalue weighted by atomic mass is 10.1. The lowest BCUT2D eigenvalue weighted by molar-refractivity contribution is 0.0981. The maximum Gasteiger partial charge on any atom is 0.272 e. The Morgan fingerprint density at radius 1 is 1.31 bits per heavy atom. The number of nitrogens with zero attached hydrogens (tertiary/aromatic N) is 2. The number of benzene rings is 1. The number of ether oxygens (including phenoxy) is 1. The first-order chi connectivity index (χ1) is 12.5. The smallest absolute Gasteiger partial charge is 0.272 e. The highest BCUT2D eigenvalue weighted by molar-refractivity contribution is 7.21. The van der Waals surface area contributed by atoms with Gasteiger partial charge in [-0.2, -0.15) is 0 Å². The Labute approximate surface area is 156 Å². The number of hydrogen-bond donors (Lipinski definition) is 1. The second kappa shape index (κ2) is 6.37. The summed E-state index contributed by atoms with van der Waals surface area (Å²) in [5.74, 6) is 0.0181. The number of carbonyl (C=O) groups is 1. The molecule has 1 amide bonds. The van der Waals surface area contributed by atoms with Crippen molar-refractivity contribution in [1.29, 1.82) is 0 Å². The Balaban J connectivity index is 1.90. The summed E-state index contributed by atoms with van der Waals surface area (Å²) < 4.78 is 5.36. The van der Waals surface area contributed by atoms with Crippen LogP contribution in [0.3, 0.4) is 0 Å². The average molecular weight is 367 g/mol. The summed E-state index contributed by atoms with van der Waals surface area (Å²) in [4.78, 5) is 21.4. The van der Waals surface area contributed by atoms with Gasteiger partial charge in [0.25, 0.3) is 5.91 Å². The van der Waals surface area contributed by atoms with Crippen molar-refractivity contribution in [2.24, 2.45) is 0 Å². The molecule has 0 fully saturated rings. The van der Waals surface area contributed by atoms with Crippen LogP contribution in [0.5, 0.6) is 0 Å². The van der Waals surface area contributed by atoms with Gasteiger partial charge in [0.2, 0.25) is 0 Å². The molecule has 2 aromatic heterocycles. The van der Waals surface area contributed by atoms with Crippen molar-refractivity contribution in [2.45, 2.75) is 33.5 Å². The highest BCUT2D eigenvalue weighted by atomic mass is 32.1. The molecule has 0 bridgehead atoms. The van der Waals surface area contributed by atoms with Crippen LogP contribution in [0.1, 0.15) is 33.4 Å². The van der Waals surface area contributed by atoms with E-state index >= 15 is 0 Å². The Bertz CT molecular complexity index is 1010. The van der Waals surface area contributed by atoms with Crippen molar-refractivity contribution in [1.82, 2.24) is 4.98 Å². The molecule has 0 radical (unpaired) electrons.